The normalized spacial score (nSPS) is 12.4. The van der Waals surface area contributed by atoms with E-state index in [1.165, 1.54) is 12.1 Å². The molecule has 18 heavy (non-hydrogen) atoms. The summed E-state index contributed by atoms with van der Waals surface area (Å²) in [5, 5.41) is 10.2. The van der Waals surface area contributed by atoms with Crippen molar-refractivity contribution in [3.05, 3.63) is 69.4 Å². The van der Waals surface area contributed by atoms with E-state index in [1.807, 2.05) is 31.2 Å². The summed E-state index contributed by atoms with van der Waals surface area (Å²) in [5.41, 5.74) is 2.86. The number of halogens is 2. The van der Waals surface area contributed by atoms with Crippen molar-refractivity contribution in [3.63, 3.8) is 0 Å². The molecule has 0 aromatic heterocycles. The zero-order valence-electron chi connectivity index (χ0n) is 10.0. The van der Waals surface area contributed by atoms with Crippen molar-refractivity contribution < 1.29 is 9.50 Å². The Balaban J connectivity index is 2.21. The topological polar surface area (TPSA) is 20.2 Å². The molecule has 3 heteroatoms. The van der Waals surface area contributed by atoms with Crippen LogP contribution in [0.4, 0.5) is 4.39 Å². The van der Waals surface area contributed by atoms with E-state index in [0.29, 0.717) is 10.9 Å². The first kappa shape index (κ1) is 13.2. The molecule has 0 saturated heterocycles. The Kier molecular flexibility index (Phi) is 4.15. The van der Waals surface area contributed by atoms with E-state index in [0.717, 1.165) is 16.7 Å². The van der Waals surface area contributed by atoms with Gasteiger partial charge < -0.3 is 5.11 Å². The van der Waals surface area contributed by atoms with E-state index >= 15 is 0 Å². The second-order valence-electron chi connectivity index (χ2n) is 4.31. The minimum absolute atomic E-state index is 0.281. The highest BCUT2D eigenvalue weighted by Gasteiger charge is 2.12. The SMILES string of the molecule is Cc1ccccc1C(O)Cc1ccc(F)cc1Br. The molecule has 2 aromatic rings. The molecule has 0 radical (unpaired) electrons. The molecule has 2 aromatic carbocycles. The van der Waals surface area contributed by atoms with Crippen molar-refractivity contribution >= 4 is 15.9 Å². The van der Waals surface area contributed by atoms with Crippen molar-refractivity contribution in [1.29, 1.82) is 0 Å². The lowest BCUT2D eigenvalue weighted by molar-refractivity contribution is 0.177. The van der Waals surface area contributed by atoms with Crippen molar-refractivity contribution in [1.82, 2.24) is 0 Å². The Morgan fingerprint density at radius 1 is 1.22 bits per heavy atom. The molecule has 0 aliphatic rings. The monoisotopic (exact) mass is 308 g/mol. The van der Waals surface area contributed by atoms with Gasteiger partial charge in [-0.05, 0) is 35.7 Å². The van der Waals surface area contributed by atoms with E-state index < -0.39 is 6.10 Å². The van der Waals surface area contributed by atoms with Gasteiger partial charge in [0.25, 0.3) is 0 Å². The molecular weight excluding hydrogens is 295 g/mol. The summed E-state index contributed by atoms with van der Waals surface area (Å²) in [7, 11) is 0. The number of hydrogen-bond donors (Lipinski definition) is 1. The summed E-state index contributed by atoms with van der Waals surface area (Å²) >= 11 is 3.32. The summed E-state index contributed by atoms with van der Waals surface area (Å²) in [6.07, 6.45) is -0.112. The van der Waals surface area contributed by atoms with Gasteiger partial charge in [0.05, 0.1) is 6.10 Å². The highest BCUT2D eigenvalue weighted by Crippen LogP contribution is 2.26. The molecule has 1 N–H and O–H groups in total. The second kappa shape index (κ2) is 5.63. The van der Waals surface area contributed by atoms with Gasteiger partial charge in [0, 0.05) is 10.9 Å². The van der Waals surface area contributed by atoms with Crippen molar-refractivity contribution in [2.24, 2.45) is 0 Å². The fraction of sp³-hybridized carbons (Fsp3) is 0.200. The molecule has 94 valence electrons. The molecule has 0 aliphatic heterocycles. The van der Waals surface area contributed by atoms with Crippen LogP contribution in [0.2, 0.25) is 0 Å². The van der Waals surface area contributed by atoms with Gasteiger partial charge in [0.1, 0.15) is 5.82 Å². The number of aliphatic hydroxyl groups is 1. The zero-order valence-corrected chi connectivity index (χ0v) is 11.6. The van der Waals surface area contributed by atoms with Crippen molar-refractivity contribution in [2.75, 3.05) is 0 Å². The first-order valence-corrected chi connectivity index (χ1v) is 6.55. The van der Waals surface area contributed by atoms with E-state index in [1.54, 1.807) is 6.07 Å². The van der Waals surface area contributed by atoms with Crippen LogP contribution in [-0.2, 0) is 6.42 Å². The van der Waals surface area contributed by atoms with Gasteiger partial charge in [-0.15, -0.1) is 0 Å². The van der Waals surface area contributed by atoms with Crippen LogP contribution in [0.3, 0.4) is 0 Å². The first-order chi connectivity index (χ1) is 8.58. The Morgan fingerprint density at radius 3 is 2.61 bits per heavy atom. The molecule has 0 bridgehead atoms. The van der Waals surface area contributed by atoms with Gasteiger partial charge in [0.15, 0.2) is 0 Å². The molecule has 2 rings (SSSR count). The Hall–Kier alpha value is -1.19. The third-order valence-corrected chi connectivity index (χ3v) is 3.71. The summed E-state index contributed by atoms with van der Waals surface area (Å²) in [6, 6.07) is 12.3. The smallest absolute Gasteiger partial charge is 0.124 e. The van der Waals surface area contributed by atoms with E-state index in [-0.39, 0.29) is 5.82 Å². The highest BCUT2D eigenvalue weighted by atomic mass is 79.9. The maximum atomic E-state index is 13.0. The number of rotatable bonds is 3. The van der Waals surface area contributed by atoms with E-state index in [9.17, 15) is 9.50 Å². The second-order valence-corrected chi connectivity index (χ2v) is 5.17. The number of hydrogen-bond acceptors (Lipinski definition) is 1. The molecule has 1 nitrogen and oxygen atoms in total. The summed E-state index contributed by atoms with van der Waals surface area (Å²) in [6.45, 7) is 1.97. The molecule has 1 atom stereocenters. The average molecular weight is 309 g/mol. The minimum Gasteiger partial charge on any atom is -0.388 e. The molecule has 0 fully saturated rings. The fourth-order valence-corrected chi connectivity index (χ4v) is 2.48. The molecule has 0 aliphatic carbocycles. The predicted octanol–water partition coefficient (Wildman–Crippen LogP) is 4.17. The minimum atomic E-state index is -0.576. The molecule has 0 saturated carbocycles. The maximum absolute atomic E-state index is 13.0. The van der Waals surface area contributed by atoms with Gasteiger partial charge in [-0.25, -0.2) is 4.39 Å². The number of aryl methyl sites for hydroxylation is 1. The van der Waals surface area contributed by atoms with Crippen LogP contribution in [-0.4, -0.2) is 5.11 Å². The Bertz CT molecular complexity index is 554. The van der Waals surface area contributed by atoms with E-state index in [4.69, 9.17) is 0 Å². The predicted molar refractivity (Wildman–Crippen MR) is 73.9 cm³/mol. The van der Waals surface area contributed by atoms with Crippen molar-refractivity contribution in [3.8, 4) is 0 Å². The van der Waals surface area contributed by atoms with Crippen LogP contribution in [0.5, 0.6) is 0 Å². The zero-order chi connectivity index (χ0) is 13.1. The van der Waals surface area contributed by atoms with Crippen LogP contribution in [0.25, 0.3) is 0 Å². The largest absolute Gasteiger partial charge is 0.388 e. The van der Waals surface area contributed by atoms with Crippen LogP contribution in [0.1, 0.15) is 22.8 Å². The standard InChI is InChI=1S/C15H14BrFO/c1-10-4-2-3-5-13(10)15(18)8-11-6-7-12(17)9-14(11)16/h2-7,9,15,18H,8H2,1H3. The molecule has 1 unspecified atom stereocenters. The number of aliphatic hydroxyl groups excluding tert-OH is 1. The molecule has 0 spiro atoms. The van der Waals surface area contributed by atoms with E-state index in [2.05, 4.69) is 15.9 Å². The maximum Gasteiger partial charge on any atom is 0.124 e. The third-order valence-electron chi connectivity index (χ3n) is 2.98. The quantitative estimate of drug-likeness (QED) is 0.902. The number of benzene rings is 2. The Morgan fingerprint density at radius 2 is 1.94 bits per heavy atom. The lowest BCUT2D eigenvalue weighted by Crippen LogP contribution is -2.04. The lowest BCUT2D eigenvalue weighted by atomic mass is 9.98. The fourth-order valence-electron chi connectivity index (χ4n) is 1.97. The summed E-state index contributed by atoms with van der Waals surface area (Å²) in [4.78, 5) is 0. The molecular formula is C15H14BrFO. The lowest BCUT2D eigenvalue weighted by Gasteiger charge is -2.14. The molecule has 0 amide bonds. The first-order valence-electron chi connectivity index (χ1n) is 5.75. The van der Waals surface area contributed by atoms with Gasteiger partial charge in [-0.1, -0.05) is 46.3 Å². The summed E-state index contributed by atoms with van der Waals surface area (Å²) in [5.74, 6) is -0.281. The summed E-state index contributed by atoms with van der Waals surface area (Å²) < 4.78 is 13.7. The average Bonchev–Trinajstić information content (AvgIpc) is 2.33. The van der Waals surface area contributed by atoms with Gasteiger partial charge >= 0.3 is 0 Å². The van der Waals surface area contributed by atoms with Gasteiger partial charge in [-0.2, -0.15) is 0 Å². The van der Waals surface area contributed by atoms with Gasteiger partial charge in [-0.3, -0.25) is 0 Å². The Labute approximate surface area is 114 Å². The highest BCUT2D eigenvalue weighted by molar-refractivity contribution is 9.10. The van der Waals surface area contributed by atoms with Crippen molar-refractivity contribution in [2.45, 2.75) is 19.4 Å². The van der Waals surface area contributed by atoms with Crippen LogP contribution < -0.4 is 0 Å². The van der Waals surface area contributed by atoms with Crippen LogP contribution >= 0.6 is 15.9 Å². The van der Waals surface area contributed by atoms with Crippen LogP contribution in [0, 0.1) is 12.7 Å². The third kappa shape index (κ3) is 2.98. The van der Waals surface area contributed by atoms with Crippen LogP contribution in [0.15, 0.2) is 46.9 Å². The molecule has 0 heterocycles. The van der Waals surface area contributed by atoms with Gasteiger partial charge in [0.2, 0.25) is 0 Å².